The van der Waals surface area contributed by atoms with Gasteiger partial charge in [-0.15, -0.1) is 0 Å². The van der Waals surface area contributed by atoms with Crippen LogP contribution in [0.4, 0.5) is 5.69 Å². The largest absolute Gasteiger partial charge is 0.280 e. The van der Waals surface area contributed by atoms with Crippen molar-refractivity contribution in [2.24, 2.45) is 0 Å². The molecule has 0 aliphatic rings. The molecule has 0 unspecified atom stereocenters. The van der Waals surface area contributed by atoms with E-state index in [1.165, 1.54) is 0 Å². The van der Waals surface area contributed by atoms with Crippen LogP contribution < -0.4 is 4.72 Å². The summed E-state index contributed by atoms with van der Waals surface area (Å²) in [6, 6.07) is 10.3. The van der Waals surface area contributed by atoms with Gasteiger partial charge in [-0.3, -0.25) is 4.72 Å². The second kappa shape index (κ2) is 6.17. The maximum atomic E-state index is 12.4. The molecule has 3 nitrogen and oxygen atoms in total. The van der Waals surface area contributed by atoms with Crippen LogP contribution in [0.5, 0.6) is 0 Å². The number of nitrogens with one attached hydrogen (secondary N) is 1. The van der Waals surface area contributed by atoms with Crippen molar-refractivity contribution in [3.05, 3.63) is 55.4 Å². The van der Waals surface area contributed by atoms with Crippen molar-refractivity contribution in [2.45, 2.75) is 11.8 Å². The van der Waals surface area contributed by atoms with Crippen molar-refractivity contribution in [3.63, 3.8) is 0 Å². The Morgan fingerprint density at radius 2 is 1.60 bits per heavy atom. The van der Waals surface area contributed by atoms with Crippen molar-refractivity contribution >= 4 is 63.5 Å². The molecule has 0 bridgehead atoms. The molecule has 0 heterocycles. The van der Waals surface area contributed by atoms with Crippen LogP contribution in [-0.4, -0.2) is 8.42 Å². The number of sulfonamides is 1. The average molecular weight is 484 g/mol. The van der Waals surface area contributed by atoms with Gasteiger partial charge in [0.15, 0.2) is 0 Å². The predicted octanol–water partition coefficient (Wildman–Crippen LogP) is 5.08. The number of hydrogen-bond acceptors (Lipinski definition) is 2. The molecule has 7 heteroatoms. The zero-order valence-electron chi connectivity index (χ0n) is 10.3. The minimum atomic E-state index is -3.64. The minimum Gasteiger partial charge on any atom is -0.280 e. The second-order valence-corrected chi connectivity index (χ2v) is 8.42. The number of halogens is 3. The normalized spacial score (nSPS) is 11.4. The van der Waals surface area contributed by atoms with Crippen molar-refractivity contribution < 1.29 is 8.42 Å². The summed E-state index contributed by atoms with van der Waals surface area (Å²) in [5.41, 5.74) is 1.48. The molecule has 0 fully saturated rings. The van der Waals surface area contributed by atoms with E-state index in [4.69, 9.17) is 0 Å². The summed E-state index contributed by atoms with van der Waals surface area (Å²) in [7, 11) is -3.64. The summed E-state index contributed by atoms with van der Waals surface area (Å²) in [5.74, 6) is 0. The van der Waals surface area contributed by atoms with Crippen molar-refractivity contribution in [1.82, 2.24) is 0 Å². The van der Waals surface area contributed by atoms with Crippen LogP contribution in [-0.2, 0) is 10.0 Å². The predicted molar refractivity (Wildman–Crippen MR) is 91.5 cm³/mol. The van der Waals surface area contributed by atoms with E-state index in [9.17, 15) is 8.42 Å². The Bertz CT molecular complexity index is 760. The Morgan fingerprint density at radius 3 is 2.25 bits per heavy atom. The molecule has 2 rings (SSSR count). The van der Waals surface area contributed by atoms with Gasteiger partial charge in [-0.25, -0.2) is 8.42 Å². The van der Waals surface area contributed by atoms with Gasteiger partial charge in [-0.2, -0.15) is 0 Å². The monoisotopic (exact) mass is 481 g/mol. The fraction of sp³-hybridized carbons (Fsp3) is 0.0769. The third kappa shape index (κ3) is 3.63. The fourth-order valence-corrected chi connectivity index (χ4v) is 4.40. The van der Waals surface area contributed by atoms with Crippen molar-refractivity contribution in [1.29, 1.82) is 0 Å². The van der Waals surface area contributed by atoms with Crippen molar-refractivity contribution in [2.75, 3.05) is 4.72 Å². The molecule has 0 aromatic heterocycles. The Labute approximate surface area is 143 Å². The van der Waals surface area contributed by atoms with Crippen molar-refractivity contribution in [3.8, 4) is 0 Å². The van der Waals surface area contributed by atoms with E-state index in [1.807, 2.05) is 13.0 Å². The van der Waals surface area contributed by atoms with Crippen LogP contribution >= 0.6 is 47.8 Å². The van der Waals surface area contributed by atoms with Crippen LogP contribution in [0.1, 0.15) is 5.56 Å². The molecule has 2 aromatic carbocycles. The quantitative estimate of drug-likeness (QED) is 0.661. The molecule has 0 amide bonds. The van der Waals surface area contributed by atoms with E-state index in [1.54, 1.807) is 30.3 Å². The van der Waals surface area contributed by atoms with Gasteiger partial charge in [-0.05, 0) is 64.8 Å². The van der Waals surface area contributed by atoms with Gasteiger partial charge in [0.1, 0.15) is 4.90 Å². The molecular weight excluding hydrogens is 474 g/mol. The summed E-state index contributed by atoms with van der Waals surface area (Å²) in [6.07, 6.45) is 0. The molecule has 0 saturated carbocycles. The highest BCUT2D eigenvalue weighted by atomic mass is 79.9. The Morgan fingerprint density at radius 1 is 0.950 bits per heavy atom. The molecule has 0 spiro atoms. The van der Waals surface area contributed by atoms with Crippen LogP contribution in [0, 0.1) is 6.92 Å². The summed E-state index contributed by atoms with van der Waals surface area (Å²) in [5, 5.41) is 0. The van der Waals surface area contributed by atoms with Crippen LogP contribution in [0.3, 0.4) is 0 Å². The molecule has 2 aromatic rings. The van der Waals surface area contributed by atoms with Crippen LogP contribution in [0.2, 0.25) is 0 Å². The Hall–Kier alpha value is -0.370. The van der Waals surface area contributed by atoms with Gasteiger partial charge in [0.2, 0.25) is 0 Å². The standard InChI is InChI=1S/C13H10Br3NO2S/c1-8-6-10(3-5-11(8)15)17-20(18,19)13-7-9(14)2-4-12(13)16/h2-7,17H,1H3. The Kier molecular flexibility index (Phi) is 4.94. The fourth-order valence-electron chi connectivity index (χ4n) is 1.60. The van der Waals surface area contributed by atoms with Gasteiger partial charge in [0, 0.05) is 19.1 Å². The summed E-state index contributed by atoms with van der Waals surface area (Å²) in [6.45, 7) is 1.90. The van der Waals surface area contributed by atoms with E-state index in [0.29, 0.717) is 14.6 Å². The number of anilines is 1. The zero-order valence-corrected chi connectivity index (χ0v) is 15.9. The first-order chi connectivity index (χ1) is 9.29. The average Bonchev–Trinajstić information content (AvgIpc) is 2.36. The topological polar surface area (TPSA) is 46.2 Å². The lowest BCUT2D eigenvalue weighted by molar-refractivity contribution is 0.600. The highest BCUT2D eigenvalue weighted by Crippen LogP contribution is 2.28. The van der Waals surface area contributed by atoms with Gasteiger partial charge in [-0.1, -0.05) is 31.9 Å². The first-order valence-corrected chi connectivity index (χ1v) is 9.40. The zero-order chi connectivity index (χ0) is 14.9. The maximum Gasteiger partial charge on any atom is 0.263 e. The summed E-state index contributed by atoms with van der Waals surface area (Å²) >= 11 is 9.92. The molecule has 0 saturated heterocycles. The molecule has 106 valence electrons. The smallest absolute Gasteiger partial charge is 0.263 e. The molecule has 0 aliphatic heterocycles. The lowest BCUT2D eigenvalue weighted by Gasteiger charge is -2.11. The van der Waals surface area contributed by atoms with Gasteiger partial charge < -0.3 is 0 Å². The molecule has 1 N–H and O–H groups in total. The van der Waals surface area contributed by atoms with E-state index in [2.05, 4.69) is 52.5 Å². The van der Waals surface area contributed by atoms with Crippen LogP contribution in [0.15, 0.2) is 54.7 Å². The SMILES string of the molecule is Cc1cc(NS(=O)(=O)c2cc(Br)ccc2Br)ccc1Br. The summed E-state index contributed by atoms with van der Waals surface area (Å²) < 4.78 is 29.5. The highest BCUT2D eigenvalue weighted by molar-refractivity contribution is 9.11. The number of rotatable bonds is 3. The number of aryl methyl sites for hydroxylation is 1. The second-order valence-electron chi connectivity index (χ2n) is 4.14. The maximum absolute atomic E-state index is 12.4. The number of hydrogen-bond donors (Lipinski definition) is 1. The lowest BCUT2D eigenvalue weighted by atomic mass is 10.2. The van der Waals surface area contributed by atoms with E-state index in [0.717, 1.165) is 10.0 Å². The van der Waals surface area contributed by atoms with Gasteiger partial charge in [0.25, 0.3) is 10.0 Å². The first-order valence-electron chi connectivity index (χ1n) is 5.53. The lowest BCUT2D eigenvalue weighted by Crippen LogP contribution is -2.13. The third-order valence-corrected chi connectivity index (χ3v) is 6.35. The van der Waals surface area contributed by atoms with Gasteiger partial charge >= 0.3 is 0 Å². The van der Waals surface area contributed by atoms with Gasteiger partial charge in [0.05, 0.1) is 0 Å². The van der Waals surface area contributed by atoms with Crippen LogP contribution in [0.25, 0.3) is 0 Å². The minimum absolute atomic E-state index is 0.187. The Balaban J connectivity index is 2.40. The highest BCUT2D eigenvalue weighted by Gasteiger charge is 2.18. The van der Waals surface area contributed by atoms with E-state index >= 15 is 0 Å². The number of benzene rings is 2. The van der Waals surface area contributed by atoms with E-state index in [-0.39, 0.29) is 4.90 Å². The van der Waals surface area contributed by atoms with E-state index < -0.39 is 10.0 Å². The first kappa shape index (κ1) is 16.0. The third-order valence-electron chi connectivity index (χ3n) is 2.59. The molecule has 0 aliphatic carbocycles. The molecule has 20 heavy (non-hydrogen) atoms. The molecule has 0 radical (unpaired) electrons. The molecule has 0 atom stereocenters. The summed E-state index contributed by atoms with van der Waals surface area (Å²) in [4.78, 5) is 0.187. The molecular formula is C13H10Br3NO2S.